The van der Waals surface area contributed by atoms with Gasteiger partial charge in [0.1, 0.15) is 0 Å². The maximum absolute atomic E-state index is 12.6. The van der Waals surface area contributed by atoms with Crippen LogP contribution in [0.4, 0.5) is 5.69 Å². The van der Waals surface area contributed by atoms with Crippen LogP contribution in [0, 0.1) is 0 Å². The van der Waals surface area contributed by atoms with E-state index in [-0.39, 0.29) is 17.6 Å². The maximum Gasteiger partial charge on any atom is 0.316 e. The van der Waals surface area contributed by atoms with E-state index in [1.807, 2.05) is 18.2 Å². The molecule has 1 aromatic carbocycles. The minimum atomic E-state index is -0.591. The predicted octanol–water partition coefficient (Wildman–Crippen LogP) is 3.12. The maximum atomic E-state index is 12.6. The van der Waals surface area contributed by atoms with E-state index in [9.17, 15) is 9.59 Å². The highest BCUT2D eigenvalue weighted by Gasteiger charge is 2.46. The fourth-order valence-electron chi connectivity index (χ4n) is 4.08. The zero-order valence-corrected chi connectivity index (χ0v) is 16.1. The van der Waals surface area contributed by atoms with Gasteiger partial charge in [0.25, 0.3) is 5.91 Å². The minimum absolute atomic E-state index is 0.217. The van der Waals surface area contributed by atoms with Crippen LogP contribution in [-0.4, -0.2) is 42.1 Å². The highest BCUT2D eigenvalue weighted by molar-refractivity contribution is 6.03. The molecule has 0 spiro atoms. The van der Waals surface area contributed by atoms with Gasteiger partial charge in [-0.3, -0.25) is 14.5 Å². The minimum Gasteiger partial charge on any atom is -0.468 e. The Bertz CT molecular complexity index is 866. The number of rotatable bonds is 6. The summed E-state index contributed by atoms with van der Waals surface area (Å²) < 4.78 is 10.3. The number of methoxy groups -OCH3 is 1. The van der Waals surface area contributed by atoms with Gasteiger partial charge in [-0.25, -0.2) is 0 Å². The lowest BCUT2D eigenvalue weighted by atomic mass is 9.64. The van der Waals surface area contributed by atoms with Crippen molar-refractivity contribution in [2.24, 2.45) is 0 Å². The second-order valence-electron chi connectivity index (χ2n) is 7.62. The topological polar surface area (TPSA) is 84.7 Å². The average Bonchev–Trinajstić information content (AvgIpc) is 3.33. The Morgan fingerprint density at radius 3 is 2.68 bits per heavy atom. The van der Waals surface area contributed by atoms with Crippen LogP contribution in [-0.2, 0) is 21.5 Å². The van der Waals surface area contributed by atoms with Gasteiger partial charge in [-0.15, -0.1) is 0 Å². The first-order valence-corrected chi connectivity index (χ1v) is 9.79. The number of nitrogens with zero attached hydrogens (tertiary/aromatic N) is 2. The first-order chi connectivity index (χ1) is 13.6. The van der Waals surface area contributed by atoms with Crippen molar-refractivity contribution in [2.75, 3.05) is 25.5 Å². The SMILES string of the molecule is COC(=O)C1(c2cccc(NC(=O)c3cc(CN4CCCC4)on3)c2)CCC1. The van der Waals surface area contributed by atoms with E-state index in [2.05, 4.69) is 15.4 Å². The number of likely N-dealkylation sites (tertiary alicyclic amines) is 1. The summed E-state index contributed by atoms with van der Waals surface area (Å²) in [5, 5.41) is 6.76. The second-order valence-corrected chi connectivity index (χ2v) is 7.62. The predicted molar refractivity (Wildman–Crippen MR) is 103 cm³/mol. The van der Waals surface area contributed by atoms with Gasteiger partial charge in [-0.05, 0) is 56.5 Å². The van der Waals surface area contributed by atoms with Crippen LogP contribution >= 0.6 is 0 Å². The molecule has 1 amide bonds. The molecule has 148 valence electrons. The third-order valence-corrected chi connectivity index (χ3v) is 5.83. The van der Waals surface area contributed by atoms with Crippen LogP contribution in [0.2, 0.25) is 0 Å². The molecule has 0 bridgehead atoms. The summed E-state index contributed by atoms with van der Waals surface area (Å²) in [6, 6.07) is 9.10. The highest BCUT2D eigenvalue weighted by atomic mass is 16.5. The Morgan fingerprint density at radius 2 is 2.00 bits per heavy atom. The molecule has 4 rings (SSSR count). The Hall–Kier alpha value is -2.67. The molecule has 1 aromatic heterocycles. The summed E-state index contributed by atoms with van der Waals surface area (Å²) in [5.41, 5.74) is 1.16. The highest BCUT2D eigenvalue weighted by Crippen LogP contribution is 2.45. The normalized spacial score (nSPS) is 18.5. The number of carbonyl (C=O) groups is 2. The molecular formula is C21H25N3O4. The number of hydrogen-bond donors (Lipinski definition) is 1. The van der Waals surface area contributed by atoms with Crippen molar-refractivity contribution in [1.29, 1.82) is 0 Å². The number of anilines is 1. The molecule has 28 heavy (non-hydrogen) atoms. The summed E-state index contributed by atoms with van der Waals surface area (Å²) in [6.07, 6.45) is 4.92. The summed E-state index contributed by atoms with van der Waals surface area (Å²) in [5.74, 6) is 0.152. The van der Waals surface area contributed by atoms with Gasteiger partial charge in [0.05, 0.1) is 19.1 Å². The van der Waals surface area contributed by atoms with Crippen LogP contribution in [0.1, 0.15) is 53.9 Å². The molecule has 1 aliphatic heterocycles. The van der Waals surface area contributed by atoms with E-state index < -0.39 is 5.41 Å². The molecule has 7 nitrogen and oxygen atoms in total. The van der Waals surface area contributed by atoms with E-state index in [0.29, 0.717) is 18.0 Å². The average molecular weight is 383 g/mol. The molecule has 2 aliphatic rings. The summed E-state index contributed by atoms with van der Waals surface area (Å²) in [6.45, 7) is 2.78. The zero-order valence-electron chi connectivity index (χ0n) is 16.1. The van der Waals surface area contributed by atoms with Crippen molar-refractivity contribution in [3.63, 3.8) is 0 Å². The van der Waals surface area contributed by atoms with Crippen molar-refractivity contribution >= 4 is 17.6 Å². The van der Waals surface area contributed by atoms with Gasteiger partial charge in [0, 0.05) is 11.8 Å². The summed E-state index contributed by atoms with van der Waals surface area (Å²) in [4.78, 5) is 27.1. The molecule has 1 saturated heterocycles. The van der Waals surface area contributed by atoms with E-state index in [4.69, 9.17) is 9.26 Å². The van der Waals surface area contributed by atoms with E-state index in [1.54, 1.807) is 12.1 Å². The Balaban J connectivity index is 1.45. The van der Waals surface area contributed by atoms with Crippen molar-refractivity contribution in [2.45, 2.75) is 44.1 Å². The van der Waals surface area contributed by atoms with Gasteiger partial charge in [-0.2, -0.15) is 0 Å². The number of carbonyl (C=O) groups excluding carboxylic acids is 2. The Kier molecular flexibility index (Phi) is 5.17. The number of amides is 1. The van der Waals surface area contributed by atoms with E-state index in [0.717, 1.165) is 37.9 Å². The molecule has 0 unspecified atom stereocenters. The smallest absolute Gasteiger partial charge is 0.316 e. The van der Waals surface area contributed by atoms with Gasteiger partial charge < -0.3 is 14.6 Å². The number of aromatic nitrogens is 1. The van der Waals surface area contributed by atoms with Gasteiger partial charge in [0.2, 0.25) is 0 Å². The van der Waals surface area contributed by atoms with Crippen molar-refractivity contribution in [3.8, 4) is 0 Å². The van der Waals surface area contributed by atoms with Gasteiger partial charge in [0.15, 0.2) is 11.5 Å². The fourth-order valence-corrected chi connectivity index (χ4v) is 4.08. The molecule has 2 fully saturated rings. The van der Waals surface area contributed by atoms with Crippen molar-refractivity contribution in [1.82, 2.24) is 10.1 Å². The molecule has 1 saturated carbocycles. The standard InChI is InChI=1S/C21H25N3O4/c1-27-20(26)21(8-5-9-21)15-6-4-7-16(12-15)22-19(25)18-13-17(28-23-18)14-24-10-2-3-11-24/h4,6-7,12-13H,2-3,5,8-11,14H2,1H3,(H,22,25). The first kappa shape index (κ1) is 18.7. The van der Waals surface area contributed by atoms with Crippen LogP contribution in [0.15, 0.2) is 34.9 Å². The fraction of sp³-hybridized carbons (Fsp3) is 0.476. The molecule has 0 atom stereocenters. The number of nitrogens with one attached hydrogen (secondary N) is 1. The molecule has 2 aromatic rings. The summed E-state index contributed by atoms with van der Waals surface area (Å²) in [7, 11) is 1.42. The van der Waals surface area contributed by atoms with Crippen LogP contribution < -0.4 is 5.32 Å². The Morgan fingerprint density at radius 1 is 1.21 bits per heavy atom. The van der Waals surface area contributed by atoms with Crippen molar-refractivity contribution < 1.29 is 18.8 Å². The lowest BCUT2D eigenvalue weighted by molar-refractivity contribution is -0.151. The third kappa shape index (κ3) is 3.54. The quantitative estimate of drug-likeness (QED) is 0.772. The second kappa shape index (κ2) is 7.75. The summed E-state index contributed by atoms with van der Waals surface area (Å²) >= 11 is 0. The lowest BCUT2D eigenvalue weighted by Gasteiger charge is -2.39. The Labute approximate surface area is 164 Å². The van der Waals surface area contributed by atoms with Crippen molar-refractivity contribution in [3.05, 3.63) is 47.3 Å². The molecule has 0 radical (unpaired) electrons. The molecule has 1 N–H and O–H groups in total. The third-order valence-electron chi connectivity index (χ3n) is 5.83. The lowest BCUT2D eigenvalue weighted by Crippen LogP contribution is -2.43. The number of esters is 1. The number of ether oxygens (including phenoxy) is 1. The van der Waals surface area contributed by atoms with Crippen LogP contribution in [0.3, 0.4) is 0 Å². The van der Waals surface area contributed by atoms with E-state index >= 15 is 0 Å². The van der Waals surface area contributed by atoms with E-state index in [1.165, 1.54) is 20.0 Å². The van der Waals surface area contributed by atoms with Gasteiger partial charge in [-0.1, -0.05) is 23.7 Å². The largest absolute Gasteiger partial charge is 0.468 e. The molecule has 2 heterocycles. The van der Waals surface area contributed by atoms with Gasteiger partial charge >= 0.3 is 5.97 Å². The molecular weight excluding hydrogens is 358 g/mol. The number of benzene rings is 1. The monoisotopic (exact) mass is 383 g/mol. The molecule has 7 heteroatoms. The first-order valence-electron chi connectivity index (χ1n) is 9.79. The zero-order chi connectivity index (χ0) is 19.6. The van der Waals surface area contributed by atoms with Crippen LogP contribution in [0.5, 0.6) is 0 Å². The number of hydrogen-bond acceptors (Lipinski definition) is 6. The molecule has 1 aliphatic carbocycles. The van der Waals surface area contributed by atoms with Crippen LogP contribution in [0.25, 0.3) is 0 Å².